The van der Waals surface area contributed by atoms with E-state index in [1.54, 1.807) is 26.4 Å². The Morgan fingerprint density at radius 3 is 2.67 bits per heavy atom. The molecule has 4 rings (SSSR count). The average Bonchev–Trinajstić information content (AvgIpc) is 3.20. The smallest absolute Gasteiger partial charge is 0.154 e. The van der Waals surface area contributed by atoms with Crippen molar-refractivity contribution in [3.63, 3.8) is 0 Å². The first kappa shape index (κ1) is 16.2. The Hall–Kier alpha value is -1.24. The zero-order valence-corrected chi connectivity index (χ0v) is 15.1. The summed E-state index contributed by atoms with van der Waals surface area (Å²) in [6.45, 7) is 0.568. The predicted octanol–water partition coefficient (Wildman–Crippen LogP) is 2.36. The van der Waals surface area contributed by atoms with Crippen LogP contribution in [0.1, 0.15) is 17.9 Å². The Kier molecular flexibility index (Phi) is 4.01. The first-order valence-electron chi connectivity index (χ1n) is 8.12. The van der Waals surface area contributed by atoms with Gasteiger partial charge in [-0.05, 0) is 18.6 Å². The lowest BCUT2D eigenvalue weighted by molar-refractivity contribution is -0.127. The third kappa shape index (κ3) is 2.20. The van der Waals surface area contributed by atoms with Crippen molar-refractivity contribution >= 4 is 27.5 Å². The topological polar surface area (TPSA) is 61.8 Å². The zero-order valence-electron chi connectivity index (χ0n) is 13.5. The van der Waals surface area contributed by atoms with Crippen molar-refractivity contribution in [2.75, 3.05) is 20.8 Å². The number of hydrogen-bond donors (Lipinski definition) is 0. The molecule has 0 spiro atoms. The van der Waals surface area contributed by atoms with Gasteiger partial charge in [-0.1, -0.05) is 22.0 Å². The summed E-state index contributed by atoms with van der Waals surface area (Å²) in [6.07, 6.45) is 0.453. The summed E-state index contributed by atoms with van der Waals surface area (Å²) in [4.78, 5) is 26.1. The van der Waals surface area contributed by atoms with E-state index in [1.807, 2.05) is 6.07 Å². The van der Waals surface area contributed by atoms with Gasteiger partial charge in [0.05, 0.1) is 37.8 Å². The van der Waals surface area contributed by atoms with Gasteiger partial charge in [0.2, 0.25) is 0 Å². The van der Waals surface area contributed by atoms with E-state index in [1.165, 1.54) is 0 Å². The summed E-state index contributed by atoms with van der Waals surface area (Å²) in [5, 5.41) is 0. The number of fused-ring (bicyclic) bond motifs is 5. The molecule has 6 atom stereocenters. The van der Waals surface area contributed by atoms with E-state index in [0.29, 0.717) is 17.9 Å². The summed E-state index contributed by atoms with van der Waals surface area (Å²) in [5.74, 6) is -0.670. The van der Waals surface area contributed by atoms with Gasteiger partial charge in [0, 0.05) is 23.1 Å². The van der Waals surface area contributed by atoms with Gasteiger partial charge in [-0.15, -0.1) is 0 Å². The second-order valence-corrected chi connectivity index (χ2v) is 7.68. The number of ketones is 2. The maximum atomic E-state index is 13.1. The van der Waals surface area contributed by atoms with Gasteiger partial charge < -0.3 is 14.2 Å². The second-order valence-electron chi connectivity index (χ2n) is 6.77. The van der Waals surface area contributed by atoms with E-state index in [2.05, 4.69) is 15.9 Å². The lowest BCUT2D eigenvalue weighted by Crippen LogP contribution is -2.36. The molecule has 0 N–H and O–H groups in total. The molecule has 2 aliphatic heterocycles. The quantitative estimate of drug-likeness (QED) is 0.733. The molecular weight excluding hydrogens is 376 g/mol. The van der Waals surface area contributed by atoms with Crippen LogP contribution in [-0.4, -0.2) is 44.6 Å². The molecule has 1 saturated carbocycles. The molecule has 2 heterocycles. The molecule has 1 aromatic carbocycles. The van der Waals surface area contributed by atoms with E-state index in [0.717, 1.165) is 10.9 Å². The van der Waals surface area contributed by atoms with Gasteiger partial charge in [-0.3, -0.25) is 9.59 Å². The molecule has 0 radical (unpaired) electrons. The molecule has 1 aromatic rings. The molecule has 1 aliphatic carbocycles. The normalized spacial score (nSPS) is 37.1. The van der Waals surface area contributed by atoms with Gasteiger partial charge in [-0.25, -0.2) is 0 Å². The SMILES string of the molecule is COCC1CC2OC1C1C(=O)C(c3ccc(Br)cc3OC)C(=O)C21. The molecule has 3 fully saturated rings. The fourth-order valence-corrected chi connectivity index (χ4v) is 5.02. The van der Waals surface area contributed by atoms with E-state index >= 15 is 0 Å². The molecule has 24 heavy (non-hydrogen) atoms. The summed E-state index contributed by atoms with van der Waals surface area (Å²) >= 11 is 3.39. The van der Waals surface area contributed by atoms with E-state index in [4.69, 9.17) is 14.2 Å². The minimum absolute atomic E-state index is 0.0195. The summed E-state index contributed by atoms with van der Waals surface area (Å²) in [7, 11) is 3.21. The fraction of sp³-hybridized carbons (Fsp3) is 0.556. The molecule has 3 aliphatic rings. The number of hydrogen-bond acceptors (Lipinski definition) is 5. The molecule has 6 heteroatoms. The first-order valence-corrected chi connectivity index (χ1v) is 8.91. The highest BCUT2D eigenvalue weighted by Crippen LogP contribution is 2.55. The number of rotatable bonds is 4. The third-order valence-corrected chi connectivity index (χ3v) is 6.08. The Bertz CT molecular complexity index is 703. The van der Waals surface area contributed by atoms with E-state index in [9.17, 15) is 9.59 Å². The minimum atomic E-state index is -0.738. The van der Waals surface area contributed by atoms with Crippen LogP contribution in [0.5, 0.6) is 5.75 Å². The van der Waals surface area contributed by atoms with Gasteiger partial charge in [0.15, 0.2) is 11.6 Å². The van der Waals surface area contributed by atoms with E-state index < -0.39 is 5.92 Å². The predicted molar refractivity (Wildman–Crippen MR) is 89.1 cm³/mol. The number of methoxy groups -OCH3 is 2. The van der Waals surface area contributed by atoms with Crippen molar-refractivity contribution in [2.24, 2.45) is 17.8 Å². The maximum absolute atomic E-state index is 13.1. The van der Waals surface area contributed by atoms with Gasteiger partial charge in [0.1, 0.15) is 11.7 Å². The van der Waals surface area contributed by atoms with Crippen LogP contribution in [0.2, 0.25) is 0 Å². The Morgan fingerprint density at radius 1 is 1.21 bits per heavy atom. The molecule has 2 bridgehead atoms. The van der Waals surface area contributed by atoms with Crippen LogP contribution in [-0.2, 0) is 19.1 Å². The van der Waals surface area contributed by atoms with Crippen molar-refractivity contribution in [1.82, 2.24) is 0 Å². The molecule has 6 unspecified atom stereocenters. The van der Waals surface area contributed by atoms with Gasteiger partial charge >= 0.3 is 0 Å². The van der Waals surface area contributed by atoms with Crippen molar-refractivity contribution in [3.05, 3.63) is 28.2 Å². The molecule has 2 saturated heterocycles. The highest BCUT2D eigenvalue weighted by molar-refractivity contribution is 9.10. The highest BCUT2D eigenvalue weighted by atomic mass is 79.9. The average molecular weight is 395 g/mol. The minimum Gasteiger partial charge on any atom is -0.496 e. The first-order chi connectivity index (χ1) is 11.6. The second kappa shape index (κ2) is 5.93. The number of carbonyl (C=O) groups is 2. The lowest BCUT2D eigenvalue weighted by Gasteiger charge is -2.25. The van der Waals surface area contributed by atoms with Crippen LogP contribution in [0.4, 0.5) is 0 Å². The monoisotopic (exact) mass is 394 g/mol. The van der Waals surface area contributed by atoms with Crippen LogP contribution in [0.3, 0.4) is 0 Å². The Balaban J connectivity index is 1.69. The van der Waals surface area contributed by atoms with Crippen LogP contribution < -0.4 is 4.74 Å². The molecule has 0 amide bonds. The number of carbonyl (C=O) groups excluding carboxylic acids is 2. The number of halogens is 1. The van der Waals surface area contributed by atoms with Crippen LogP contribution in [0.25, 0.3) is 0 Å². The van der Waals surface area contributed by atoms with Crippen LogP contribution >= 0.6 is 15.9 Å². The van der Waals surface area contributed by atoms with Gasteiger partial charge in [-0.2, -0.15) is 0 Å². The summed E-state index contributed by atoms with van der Waals surface area (Å²) < 4.78 is 17.4. The number of Topliss-reactive ketones (excluding diaryl/α,β-unsaturated/α-hetero) is 2. The molecule has 128 valence electrons. The van der Waals surface area contributed by atoms with Crippen molar-refractivity contribution in [2.45, 2.75) is 24.5 Å². The molecule has 5 nitrogen and oxygen atoms in total. The maximum Gasteiger partial charge on any atom is 0.154 e. The molecular formula is C18H19BrO5. The van der Waals surface area contributed by atoms with E-state index in [-0.39, 0.29) is 41.5 Å². The molecule has 0 aromatic heterocycles. The third-order valence-electron chi connectivity index (χ3n) is 5.59. The number of ether oxygens (including phenoxy) is 3. The standard InChI is InChI=1S/C18H19BrO5/c1-22-7-8-5-12-14-15(18(8)24-12)17(21)13(16(14)20)10-4-3-9(19)6-11(10)23-2/h3-4,6,8,12-15,18H,5,7H2,1-2H3. The number of benzene rings is 1. The largest absolute Gasteiger partial charge is 0.496 e. The Morgan fingerprint density at radius 2 is 1.96 bits per heavy atom. The van der Waals surface area contributed by atoms with Gasteiger partial charge in [0.25, 0.3) is 0 Å². The summed E-state index contributed by atoms with van der Waals surface area (Å²) in [5.41, 5.74) is 0.660. The lowest BCUT2D eigenvalue weighted by atomic mass is 9.75. The summed E-state index contributed by atoms with van der Waals surface area (Å²) in [6, 6.07) is 5.44. The van der Waals surface area contributed by atoms with Crippen LogP contribution in [0.15, 0.2) is 22.7 Å². The highest BCUT2D eigenvalue weighted by Gasteiger charge is 2.65. The van der Waals surface area contributed by atoms with Crippen molar-refractivity contribution < 1.29 is 23.8 Å². The fourth-order valence-electron chi connectivity index (χ4n) is 4.68. The zero-order chi connectivity index (χ0) is 17.0. The van der Waals surface area contributed by atoms with Crippen molar-refractivity contribution in [1.29, 1.82) is 0 Å². The van der Waals surface area contributed by atoms with Crippen LogP contribution in [0, 0.1) is 17.8 Å². The van der Waals surface area contributed by atoms with Crippen molar-refractivity contribution in [3.8, 4) is 5.75 Å². The Labute approximate surface area is 148 Å².